The summed E-state index contributed by atoms with van der Waals surface area (Å²) in [5.74, 6) is 0.0463. The number of fused-ring (bicyclic) bond motifs is 2. The van der Waals surface area contributed by atoms with Crippen LogP contribution in [-0.2, 0) is 11.3 Å². The second kappa shape index (κ2) is 6.49. The van der Waals surface area contributed by atoms with Gasteiger partial charge in [0.2, 0.25) is 5.91 Å². The van der Waals surface area contributed by atoms with Gasteiger partial charge in [0.1, 0.15) is 5.54 Å². The van der Waals surface area contributed by atoms with Crippen LogP contribution in [-0.4, -0.2) is 34.4 Å². The molecule has 0 unspecified atom stereocenters. The fourth-order valence-corrected chi connectivity index (χ4v) is 4.28. The van der Waals surface area contributed by atoms with Crippen LogP contribution in [0.25, 0.3) is 10.9 Å². The van der Waals surface area contributed by atoms with Gasteiger partial charge in [0.15, 0.2) is 5.43 Å². The topological polar surface area (TPSA) is 77.2 Å². The molecule has 1 spiro atoms. The summed E-state index contributed by atoms with van der Waals surface area (Å²) in [5.41, 5.74) is 3.09. The lowest BCUT2D eigenvalue weighted by Crippen LogP contribution is -2.58. The number of anilines is 2. The summed E-state index contributed by atoms with van der Waals surface area (Å²) in [4.78, 5) is 30.8. The Kier molecular flexibility index (Phi) is 3.94. The number of piperidine rings is 1. The van der Waals surface area contributed by atoms with Crippen molar-refractivity contribution in [2.45, 2.75) is 24.9 Å². The van der Waals surface area contributed by atoms with Crippen molar-refractivity contribution < 1.29 is 4.79 Å². The maximum absolute atomic E-state index is 12.8. The molecule has 2 aromatic carbocycles. The summed E-state index contributed by atoms with van der Waals surface area (Å²) < 4.78 is 0. The number of aromatic nitrogens is 1. The third-order valence-electron chi connectivity index (χ3n) is 5.88. The van der Waals surface area contributed by atoms with Crippen molar-refractivity contribution in [2.24, 2.45) is 0 Å². The minimum absolute atomic E-state index is 0.0442. The minimum atomic E-state index is -0.554. The molecule has 3 aromatic rings. The molecule has 5 rings (SSSR count). The minimum Gasteiger partial charge on any atom is -0.369 e. The third-order valence-corrected chi connectivity index (χ3v) is 5.88. The molecular weight excluding hydrogens is 352 g/mol. The summed E-state index contributed by atoms with van der Waals surface area (Å²) in [6.07, 6.45) is 1.45. The zero-order valence-corrected chi connectivity index (χ0v) is 15.5. The van der Waals surface area contributed by atoms with E-state index in [-0.39, 0.29) is 11.3 Å². The number of para-hydroxylation sites is 3. The Hall–Kier alpha value is -3.12. The fraction of sp³-hybridized carbons (Fsp3) is 0.273. The first-order valence-corrected chi connectivity index (χ1v) is 9.65. The lowest BCUT2D eigenvalue weighted by molar-refractivity contribution is -0.122. The monoisotopic (exact) mass is 374 g/mol. The average molecular weight is 374 g/mol. The zero-order chi connectivity index (χ0) is 19.1. The molecule has 1 amide bonds. The predicted octanol–water partition coefficient (Wildman–Crippen LogP) is 2.93. The molecule has 1 saturated heterocycles. The van der Waals surface area contributed by atoms with Crippen LogP contribution in [0.3, 0.4) is 0 Å². The number of pyridine rings is 1. The van der Waals surface area contributed by atoms with E-state index in [0.717, 1.165) is 48.5 Å². The first-order chi connectivity index (χ1) is 13.6. The van der Waals surface area contributed by atoms with Crippen LogP contribution in [0.1, 0.15) is 18.5 Å². The van der Waals surface area contributed by atoms with Gasteiger partial charge in [0.25, 0.3) is 0 Å². The normalized spacial score (nSPS) is 18.5. The van der Waals surface area contributed by atoms with E-state index in [1.165, 1.54) is 0 Å². The van der Waals surface area contributed by atoms with Crippen LogP contribution < -0.4 is 16.1 Å². The lowest BCUT2D eigenvalue weighted by atomic mass is 9.84. The number of hydrogen-bond donors (Lipinski definition) is 3. The number of nitrogens with zero attached hydrogens (tertiary/aromatic N) is 1. The number of aromatic amines is 1. The standard InChI is InChI=1S/C22H22N4O2/c27-20-13-15(23-17-6-2-1-5-16(17)20)14-26-11-9-22(10-12-26)21(28)24-18-7-3-4-8-19(18)25-22/h1-8,13,25H,9-12,14H2,(H,23,27)(H,24,28). The van der Waals surface area contributed by atoms with Crippen molar-refractivity contribution >= 4 is 28.2 Å². The van der Waals surface area contributed by atoms with Gasteiger partial charge >= 0.3 is 0 Å². The van der Waals surface area contributed by atoms with Gasteiger partial charge in [0.05, 0.1) is 11.4 Å². The maximum Gasteiger partial charge on any atom is 0.250 e. The molecule has 0 saturated carbocycles. The number of nitrogens with one attached hydrogen (secondary N) is 3. The number of hydrogen-bond acceptors (Lipinski definition) is 4. The molecule has 28 heavy (non-hydrogen) atoms. The molecule has 1 fully saturated rings. The molecule has 0 radical (unpaired) electrons. The first kappa shape index (κ1) is 17.0. The SMILES string of the molecule is O=C1Nc2ccccc2NC12CCN(Cc1cc(=O)c3ccccc3[nH]1)CC2. The number of amides is 1. The molecule has 0 bridgehead atoms. The van der Waals surface area contributed by atoms with E-state index in [1.807, 2.05) is 48.5 Å². The molecule has 3 heterocycles. The highest BCUT2D eigenvalue weighted by Gasteiger charge is 2.44. The van der Waals surface area contributed by atoms with Gasteiger partial charge in [-0.2, -0.15) is 0 Å². The van der Waals surface area contributed by atoms with Crippen molar-refractivity contribution in [1.82, 2.24) is 9.88 Å². The summed E-state index contributed by atoms with van der Waals surface area (Å²) in [6.45, 7) is 2.25. The van der Waals surface area contributed by atoms with Crippen molar-refractivity contribution in [3.63, 3.8) is 0 Å². The lowest BCUT2D eigenvalue weighted by Gasteiger charge is -2.44. The van der Waals surface area contributed by atoms with E-state index < -0.39 is 5.54 Å². The Bertz CT molecular complexity index is 1110. The van der Waals surface area contributed by atoms with Crippen LogP contribution >= 0.6 is 0 Å². The summed E-state index contributed by atoms with van der Waals surface area (Å²) in [7, 11) is 0. The summed E-state index contributed by atoms with van der Waals surface area (Å²) in [6, 6.07) is 17.1. The largest absolute Gasteiger partial charge is 0.369 e. The van der Waals surface area contributed by atoms with E-state index in [1.54, 1.807) is 6.07 Å². The van der Waals surface area contributed by atoms with E-state index in [4.69, 9.17) is 0 Å². The molecule has 3 N–H and O–H groups in total. The second-order valence-electron chi connectivity index (χ2n) is 7.69. The summed E-state index contributed by atoms with van der Waals surface area (Å²) >= 11 is 0. The molecule has 0 aliphatic carbocycles. The number of H-pyrrole nitrogens is 1. The van der Waals surface area contributed by atoms with Gasteiger partial charge < -0.3 is 15.6 Å². The first-order valence-electron chi connectivity index (χ1n) is 9.65. The number of carbonyl (C=O) groups is 1. The van der Waals surface area contributed by atoms with Gasteiger partial charge in [-0.3, -0.25) is 14.5 Å². The Labute approximate surface area is 162 Å². The second-order valence-corrected chi connectivity index (χ2v) is 7.69. The van der Waals surface area contributed by atoms with Gasteiger partial charge in [-0.15, -0.1) is 0 Å². The fourth-order valence-electron chi connectivity index (χ4n) is 4.28. The van der Waals surface area contributed by atoms with Gasteiger partial charge in [-0.1, -0.05) is 24.3 Å². The molecule has 2 aliphatic rings. The van der Waals surface area contributed by atoms with Gasteiger partial charge in [-0.25, -0.2) is 0 Å². The molecule has 2 aliphatic heterocycles. The number of benzene rings is 2. The molecule has 1 aromatic heterocycles. The highest BCUT2D eigenvalue weighted by atomic mass is 16.2. The van der Waals surface area contributed by atoms with Crippen LogP contribution in [0.4, 0.5) is 11.4 Å². The number of likely N-dealkylation sites (tertiary alicyclic amines) is 1. The van der Waals surface area contributed by atoms with E-state index in [9.17, 15) is 9.59 Å². The van der Waals surface area contributed by atoms with Crippen LogP contribution in [0.2, 0.25) is 0 Å². The number of carbonyl (C=O) groups excluding carboxylic acids is 1. The van der Waals surface area contributed by atoms with Crippen LogP contribution in [0, 0.1) is 0 Å². The highest BCUT2D eigenvalue weighted by molar-refractivity contribution is 6.06. The Morgan fingerprint density at radius 2 is 1.64 bits per heavy atom. The molecular formula is C22H22N4O2. The smallest absolute Gasteiger partial charge is 0.250 e. The highest BCUT2D eigenvalue weighted by Crippen LogP contribution is 2.36. The van der Waals surface area contributed by atoms with Crippen molar-refractivity contribution in [1.29, 1.82) is 0 Å². The Morgan fingerprint density at radius 1 is 0.929 bits per heavy atom. The average Bonchev–Trinajstić information content (AvgIpc) is 2.71. The van der Waals surface area contributed by atoms with Crippen molar-refractivity contribution in [3.8, 4) is 0 Å². The van der Waals surface area contributed by atoms with Crippen LogP contribution in [0.15, 0.2) is 59.4 Å². The Balaban J connectivity index is 1.32. The number of rotatable bonds is 2. The third kappa shape index (κ3) is 2.86. The van der Waals surface area contributed by atoms with Crippen molar-refractivity contribution in [3.05, 3.63) is 70.5 Å². The Morgan fingerprint density at radius 3 is 2.46 bits per heavy atom. The maximum atomic E-state index is 12.8. The van der Waals surface area contributed by atoms with Crippen LogP contribution in [0.5, 0.6) is 0 Å². The predicted molar refractivity (Wildman–Crippen MR) is 111 cm³/mol. The molecule has 6 nitrogen and oxygen atoms in total. The van der Waals surface area contributed by atoms with Gasteiger partial charge in [0, 0.05) is 42.3 Å². The van der Waals surface area contributed by atoms with Gasteiger partial charge in [-0.05, 0) is 37.1 Å². The zero-order valence-electron chi connectivity index (χ0n) is 15.5. The van der Waals surface area contributed by atoms with E-state index in [0.29, 0.717) is 11.9 Å². The quantitative estimate of drug-likeness (QED) is 0.645. The van der Waals surface area contributed by atoms with E-state index in [2.05, 4.69) is 20.5 Å². The molecule has 0 atom stereocenters. The molecule has 6 heteroatoms. The molecule has 142 valence electrons. The van der Waals surface area contributed by atoms with E-state index >= 15 is 0 Å². The van der Waals surface area contributed by atoms with Crippen molar-refractivity contribution in [2.75, 3.05) is 23.7 Å². The summed E-state index contributed by atoms with van der Waals surface area (Å²) in [5, 5.41) is 7.24.